The minimum absolute atomic E-state index is 0.00250. The quantitative estimate of drug-likeness (QED) is 0.875. The summed E-state index contributed by atoms with van der Waals surface area (Å²) in [4.78, 5) is 3.82. The van der Waals surface area contributed by atoms with Crippen molar-refractivity contribution in [1.29, 1.82) is 0 Å². The largest absolute Gasteiger partial charge is 0.508 e. The molecule has 0 aliphatic heterocycles. The molecule has 0 spiro atoms. The summed E-state index contributed by atoms with van der Waals surface area (Å²) in [7, 11) is -3.67. The molecule has 7 heteroatoms. The number of rotatable bonds is 3. The molecule has 1 heterocycles. The number of anilines is 1. The van der Waals surface area contributed by atoms with Gasteiger partial charge in [0.2, 0.25) is 0 Å². The van der Waals surface area contributed by atoms with E-state index in [1.54, 1.807) is 5.38 Å². The lowest BCUT2D eigenvalue weighted by Gasteiger charge is -2.04. The number of hydrogen-bond acceptors (Lipinski definition) is 5. The fourth-order valence-electron chi connectivity index (χ4n) is 1.10. The molecule has 0 amide bonds. The maximum atomic E-state index is 11.8. The van der Waals surface area contributed by atoms with E-state index in [0.29, 0.717) is 5.13 Å². The molecule has 16 heavy (non-hydrogen) atoms. The summed E-state index contributed by atoms with van der Waals surface area (Å²) in [6.07, 6.45) is 1.50. The average molecular weight is 256 g/mol. The normalized spacial score (nSPS) is 11.2. The predicted octanol–water partition coefficient (Wildman–Crippen LogP) is 1.65. The molecule has 0 atom stereocenters. The third-order valence-corrected chi connectivity index (χ3v) is 3.94. The van der Waals surface area contributed by atoms with Crippen LogP contribution < -0.4 is 4.72 Å². The third-order valence-electron chi connectivity index (χ3n) is 1.78. The molecule has 0 bridgehead atoms. The van der Waals surface area contributed by atoms with Gasteiger partial charge in [0.05, 0.1) is 4.90 Å². The molecular formula is C9H8N2O3S2. The van der Waals surface area contributed by atoms with Crippen molar-refractivity contribution in [3.63, 3.8) is 0 Å². The van der Waals surface area contributed by atoms with Gasteiger partial charge < -0.3 is 5.11 Å². The topological polar surface area (TPSA) is 79.3 Å². The van der Waals surface area contributed by atoms with Gasteiger partial charge in [-0.1, -0.05) is 6.07 Å². The van der Waals surface area contributed by atoms with Crippen molar-refractivity contribution in [2.75, 3.05) is 4.72 Å². The van der Waals surface area contributed by atoms with Crippen LogP contribution in [0.4, 0.5) is 5.13 Å². The zero-order chi connectivity index (χ0) is 11.6. The molecule has 0 aliphatic rings. The van der Waals surface area contributed by atoms with E-state index in [-0.39, 0.29) is 10.6 Å². The molecule has 2 rings (SSSR count). The Morgan fingerprint density at radius 2 is 2.19 bits per heavy atom. The smallest absolute Gasteiger partial charge is 0.263 e. The predicted molar refractivity (Wildman–Crippen MR) is 61.0 cm³/mol. The van der Waals surface area contributed by atoms with Crippen LogP contribution in [0.2, 0.25) is 0 Å². The van der Waals surface area contributed by atoms with Gasteiger partial charge in [-0.3, -0.25) is 4.72 Å². The molecule has 0 aliphatic carbocycles. The summed E-state index contributed by atoms with van der Waals surface area (Å²) in [6, 6.07) is 5.44. The van der Waals surface area contributed by atoms with E-state index in [1.807, 2.05) is 0 Å². The Morgan fingerprint density at radius 1 is 1.38 bits per heavy atom. The van der Waals surface area contributed by atoms with Gasteiger partial charge in [-0.15, -0.1) is 11.3 Å². The van der Waals surface area contributed by atoms with Gasteiger partial charge in [0, 0.05) is 17.6 Å². The maximum absolute atomic E-state index is 11.8. The molecule has 2 N–H and O–H groups in total. The average Bonchev–Trinajstić information content (AvgIpc) is 2.70. The molecule has 0 fully saturated rings. The van der Waals surface area contributed by atoms with E-state index in [2.05, 4.69) is 9.71 Å². The molecule has 0 radical (unpaired) electrons. The first-order valence-electron chi connectivity index (χ1n) is 4.29. The van der Waals surface area contributed by atoms with E-state index in [1.165, 1.54) is 41.8 Å². The second-order valence-corrected chi connectivity index (χ2v) is 5.52. The summed E-state index contributed by atoms with van der Waals surface area (Å²) in [5, 5.41) is 11.2. The van der Waals surface area contributed by atoms with E-state index in [0.717, 1.165) is 0 Å². The van der Waals surface area contributed by atoms with Crippen molar-refractivity contribution >= 4 is 26.5 Å². The maximum Gasteiger partial charge on any atom is 0.263 e. The number of nitrogens with one attached hydrogen (secondary N) is 1. The highest BCUT2D eigenvalue weighted by atomic mass is 32.2. The van der Waals surface area contributed by atoms with Gasteiger partial charge >= 0.3 is 0 Å². The molecule has 2 aromatic rings. The van der Waals surface area contributed by atoms with Crippen molar-refractivity contribution in [1.82, 2.24) is 4.98 Å². The molecule has 1 aromatic heterocycles. The van der Waals surface area contributed by atoms with E-state index < -0.39 is 10.0 Å². The lowest BCUT2D eigenvalue weighted by Crippen LogP contribution is -2.12. The van der Waals surface area contributed by atoms with Crippen LogP contribution in [0.3, 0.4) is 0 Å². The Bertz CT molecular complexity index is 579. The van der Waals surface area contributed by atoms with E-state index in [9.17, 15) is 13.5 Å². The lowest BCUT2D eigenvalue weighted by atomic mass is 10.3. The minimum atomic E-state index is -3.67. The zero-order valence-corrected chi connectivity index (χ0v) is 9.62. The van der Waals surface area contributed by atoms with Gasteiger partial charge in [-0.05, 0) is 12.1 Å². The first-order valence-corrected chi connectivity index (χ1v) is 6.65. The minimum Gasteiger partial charge on any atom is -0.508 e. The Morgan fingerprint density at radius 3 is 2.81 bits per heavy atom. The van der Waals surface area contributed by atoms with Gasteiger partial charge in [0.1, 0.15) is 5.75 Å². The van der Waals surface area contributed by atoms with Crippen molar-refractivity contribution in [3.8, 4) is 5.75 Å². The molecule has 5 nitrogen and oxygen atoms in total. The first-order chi connectivity index (χ1) is 7.58. The Hall–Kier alpha value is -1.60. The van der Waals surface area contributed by atoms with Crippen molar-refractivity contribution in [3.05, 3.63) is 35.8 Å². The van der Waals surface area contributed by atoms with Crippen molar-refractivity contribution in [2.45, 2.75) is 4.90 Å². The number of phenolic OH excluding ortho intramolecular Hbond substituents is 1. The highest BCUT2D eigenvalue weighted by molar-refractivity contribution is 7.93. The molecule has 0 saturated heterocycles. The fourth-order valence-corrected chi connectivity index (χ4v) is 2.93. The summed E-state index contributed by atoms with van der Waals surface area (Å²) in [5.74, 6) is -0.0954. The van der Waals surface area contributed by atoms with Crippen LogP contribution in [0.1, 0.15) is 0 Å². The third kappa shape index (κ3) is 2.31. The number of hydrogen-bond donors (Lipinski definition) is 2. The van der Waals surface area contributed by atoms with Crippen LogP contribution in [0.25, 0.3) is 0 Å². The molecule has 0 unspecified atom stereocenters. The Labute approximate surface area is 96.5 Å². The van der Waals surface area contributed by atoms with Crippen LogP contribution in [-0.2, 0) is 10.0 Å². The van der Waals surface area contributed by atoms with Gasteiger partial charge in [0.15, 0.2) is 5.13 Å². The van der Waals surface area contributed by atoms with Crippen molar-refractivity contribution < 1.29 is 13.5 Å². The van der Waals surface area contributed by atoms with Crippen molar-refractivity contribution in [2.24, 2.45) is 0 Å². The summed E-state index contributed by atoms with van der Waals surface area (Å²) < 4.78 is 25.9. The highest BCUT2D eigenvalue weighted by Gasteiger charge is 2.15. The Kier molecular flexibility index (Phi) is 2.80. The van der Waals surface area contributed by atoms with Gasteiger partial charge in [-0.2, -0.15) is 0 Å². The SMILES string of the molecule is O=S(=O)(Nc1nccs1)c1cccc(O)c1. The summed E-state index contributed by atoms with van der Waals surface area (Å²) in [5.41, 5.74) is 0. The lowest BCUT2D eigenvalue weighted by molar-refractivity contribution is 0.473. The number of phenols is 1. The van der Waals surface area contributed by atoms with E-state index >= 15 is 0 Å². The molecular weight excluding hydrogens is 248 g/mol. The van der Waals surface area contributed by atoms with Crippen LogP contribution in [-0.4, -0.2) is 18.5 Å². The molecule has 1 aromatic carbocycles. The van der Waals surface area contributed by atoms with E-state index in [4.69, 9.17) is 0 Å². The summed E-state index contributed by atoms with van der Waals surface area (Å²) >= 11 is 1.18. The van der Waals surface area contributed by atoms with Gasteiger partial charge in [0.25, 0.3) is 10.0 Å². The second-order valence-electron chi connectivity index (χ2n) is 2.94. The Balaban J connectivity index is 2.33. The van der Waals surface area contributed by atoms with Crippen LogP contribution >= 0.6 is 11.3 Å². The number of thiazole rings is 1. The summed E-state index contributed by atoms with van der Waals surface area (Å²) in [6.45, 7) is 0. The number of nitrogens with zero attached hydrogens (tertiary/aromatic N) is 1. The number of aromatic nitrogens is 1. The molecule has 0 saturated carbocycles. The second kappa shape index (κ2) is 4.11. The monoisotopic (exact) mass is 256 g/mol. The molecule has 84 valence electrons. The standard InChI is InChI=1S/C9H8N2O3S2/c12-7-2-1-3-8(6-7)16(13,14)11-9-10-4-5-15-9/h1-6,12H,(H,10,11). The van der Waals surface area contributed by atoms with Crippen LogP contribution in [0.15, 0.2) is 40.7 Å². The number of benzene rings is 1. The van der Waals surface area contributed by atoms with Gasteiger partial charge in [-0.25, -0.2) is 13.4 Å². The highest BCUT2D eigenvalue weighted by Crippen LogP contribution is 2.20. The van der Waals surface area contributed by atoms with Crippen LogP contribution in [0.5, 0.6) is 5.75 Å². The number of aromatic hydroxyl groups is 1. The van der Waals surface area contributed by atoms with Crippen LogP contribution in [0, 0.1) is 0 Å². The fraction of sp³-hybridized carbons (Fsp3) is 0. The first kappa shape index (κ1) is 10.9. The number of sulfonamides is 1. The zero-order valence-electron chi connectivity index (χ0n) is 7.99.